The predicted molar refractivity (Wildman–Crippen MR) is 143 cm³/mol. The second kappa shape index (κ2) is 11.3. The van der Waals surface area contributed by atoms with E-state index in [0.29, 0.717) is 18.0 Å². The summed E-state index contributed by atoms with van der Waals surface area (Å²) in [7, 11) is 0. The smallest absolute Gasteiger partial charge is 0.270 e. The number of aryl methyl sites for hydroxylation is 1. The third-order valence-electron chi connectivity index (χ3n) is 5.56. The van der Waals surface area contributed by atoms with E-state index in [1.165, 1.54) is 16.9 Å². The van der Waals surface area contributed by atoms with Gasteiger partial charge in [0.15, 0.2) is 11.0 Å². The van der Waals surface area contributed by atoms with Crippen LogP contribution in [0.3, 0.4) is 0 Å². The molecular weight excluding hydrogens is 488 g/mol. The van der Waals surface area contributed by atoms with Crippen LogP contribution < -0.4 is 5.32 Å². The first-order valence-corrected chi connectivity index (χ1v) is 13.4. The number of amides is 1. The number of para-hydroxylation sites is 1. The van der Waals surface area contributed by atoms with E-state index in [2.05, 4.69) is 61.2 Å². The van der Waals surface area contributed by atoms with Gasteiger partial charge in [0.2, 0.25) is 0 Å². The Bertz CT molecular complexity index is 1450. The number of pyridine rings is 1. The lowest BCUT2D eigenvalue weighted by molar-refractivity contribution is 0.0949. The van der Waals surface area contributed by atoms with E-state index in [-0.39, 0.29) is 5.91 Å². The lowest BCUT2D eigenvalue weighted by Gasteiger charge is -2.12. The number of thioether (sulfide) groups is 1. The van der Waals surface area contributed by atoms with Gasteiger partial charge in [0.05, 0.1) is 11.4 Å². The van der Waals surface area contributed by atoms with Crippen molar-refractivity contribution < 1.29 is 4.79 Å². The molecule has 1 N–H and O–H groups in total. The average molecular weight is 513 g/mol. The highest BCUT2D eigenvalue weighted by molar-refractivity contribution is 7.98. The van der Waals surface area contributed by atoms with Crippen LogP contribution in [-0.4, -0.2) is 37.2 Å². The normalized spacial score (nSPS) is 10.9. The SMILES string of the molecule is Cc1ccccc1-n1c(SCc2nc(C(=O)NCCc3ccccc3)cs2)nnc1-c1cccnc1. The van der Waals surface area contributed by atoms with Gasteiger partial charge in [-0.1, -0.05) is 60.3 Å². The molecule has 0 fully saturated rings. The Balaban J connectivity index is 1.29. The van der Waals surface area contributed by atoms with Crippen LogP contribution >= 0.6 is 23.1 Å². The molecule has 0 aliphatic carbocycles. The second-order valence-electron chi connectivity index (χ2n) is 8.08. The lowest BCUT2D eigenvalue weighted by atomic mass is 10.1. The van der Waals surface area contributed by atoms with Crippen molar-refractivity contribution in [1.29, 1.82) is 0 Å². The van der Waals surface area contributed by atoms with E-state index >= 15 is 0 Å². The van der Waals surface area contributed by atoms with E-state index in [1.54, 1.807) is 29.5 Å². The number of nitrogens with zero attached hydrogens (tertiary/aromatic N) is 5. The summed E-state index contributed by atoms with van der Waals surface area (Å²) in [5.41, 5.74) is 4.66. The lowest BCUT2D eigenvalue weighted by Crippen LogP contribution is -2.26. The van der Waals surface area contributed by atoms with E-state index in [0.717, 1.165) is 39.2 Å². The number of hydrogen-bond acceptors (Lipinski definition) is 7. The largest absolute Gasteiger partial charge is 0.350 e. The predicted octanol–water partition coefficient (Wildman–Crippen LogP) is 5.36. The highest BCUT2D eigenvalue weighted by Crippen LogP contribution is 2.31. The Morgan fingerprint density at radius 1 is 1.03 bits per heavy atom. The molecule has 0 saturated carbocycles. The van der Waals surface area contributed by atoms with Crippen molar-refractivity contribution in [1.82, 2.24) is 30.0 Å². The first kappa shape index (κ1) is 23.9. The molecule has 180 valence electrons. The Labute approximate surface area is 217 Å². The third-order valence-corrected chi connectivity index (χ3v) is 7.53. The van der Waals surface area contributed by atoms with Gasteiger partial charge in [-0.15, -0.1) is 21.5 Å². The van der Waals surface area contributed by atoms with Crippen LogP contribution in [0.25, 0.3) is 17.1 Å². The zero-order valence-corrected chi connectivity index (χ0v) is 21.3. The Morgan fingerprint density at radius 2 is 1.86 bits per heavy atom. The number of carbonyl (C=O) groups is 1. The molecule has 0 spiro atoms. The maximum Gasteiger partial charge on any atom is 0.270 e. The summed E-state index contributed by atoms with van der Waals surface area (Å²) in [5.74, 6) is 1.16. The maximum atomic E-state index is 12.6. The maximum absolute atomic E-state index is 12.6. The van der Waals surface area contributed by atoms with Crippen molar-refractivity contribution in [3.8, 4) is 17.1 Å². The second-order valence-corrected chi connectivity index (χ2v) is 9.96. The summed E-state index contributed by atoms with van der Waals surface area (Å²) in [5, 5.41) is 15.3. The summed E-state index contributed by atoms with van der Waals surface area (Å²) < 4.78 is 2.06. The molecule has 3 aromatic heterocycles. The topological polar surface area (TPSA) is 85.6 Å². The molecule has 1 amide bonds. The van der Waals surface area contributed by atoms with Crippen molar-refractivity contribution in [2.45, 2.75) is 24.3 Å². The van der Waals surface area contributed by atoms with E-state index < -0.39 is 0 Å². The van der Waals surface area contributed by atoms with Crippen molar-refractivity contribution in [2.24, 2.45) is 0 Å². The first-order chi connectivity index (χ1) is 17.7. The van der Waals surface area contributed by atoms with Crippen LogP contribution in [0.4, 0.5) is 0 Å². The van der Waals surface area contributed by atoms with Gasteiger partial charge in [-0.2, -0.15) is 0 Å². The van der Waals surface area contributed by atoms with Crippen LogP contribution in [0.15, 0.2) is 89.7 Å². The number of aromatic nitrogens is 5. The minimum Gasteiger partial charge on any atom is -0.350 e. The molecule has 36 heavy (non-hydrogen) atoms. The minimum absolute atomic E-state index is 0.152. The first-order valence-electron chi connectivity index (χ1n) is 11.5. The van der Waals surface area contributed by atoms with Crippen molar-refractivity contribution in [3.05, 3.63) is 106 Å². The fraction of sp³-hybridized carbons (Fsp3) is 0.148. The Morgan fingerprint density at radius 3 is 2.67 bits per heavy atom. The summed E-state index contributed by atoms with van der Waals surface area (Å²) in [6, 6.07) is 22.1. The molecule has 0 aliphatic rings. The molecule has 7 nitrogen and oxygen atoms in total. The van der Waals surface area contributed by atoms with Gasteiger partial charge in [-0.05, 0) is 42.7 Å². The van der Waals surface area contributed by atoms with Crippen LogP contribution in [0.1, 0.15) is 26.6 Å². The molecule has 0 atom stereocenters. The molecule has 0 bridgehead atoms. The zero-order valence-electron chi connectivity index (χ0n) is 19.7. The molecule has 3 heterocycles. The fourth-order valence-corrected chi connectivity index (χ4v) is 5.48. The molecule has 0 aliphatic heterocycles. The quantitative estimate of drug-likeness (QED) is 0.268. The molecule has 5 rings (SSSR count). The third kappa shape index (κ3) is 5.53. The van der Waals surface area contributed by atoms with Crippen molar-refractivity contribution >= 4 is 29.0 Å². The van der Waals surface area contributed by atoms with Crippen LogP contribution in [-0.2, 0) is 12.2 Å². The number of thiazole rings is 1. The summed E-state index contributed by atoms with van der Waals surface area (Å²) in [6.45, 7) is 2.64. The average Bonchev–Trinajstić information content (AvgIpc) is 3.56. The molecule has 2 aromatic carbocycles. The highest BCUT2D eigenvalue weighted by Gasteiger charge is 2.18. The Kier molecular flexibility index (Phi) is 7.49. The number of carbonyl (C=O) groups excluding carboxylic acids is 1. The molecule has 5 aromatic rings. The summed E-state index contributed by atoms with van der Waals surface area (Å²) in [4.78, 5) is 21.4. The minimum atomic E-state index is -0.152. The number of benzene rings is 2. The molecule has 0 saturated heterocycles. The molecular formula is C27H24N6OS2. The van der Waals surface area contributed by atoms with Crippen molar-refractivity contribution in [3.63, 3.8) is 0 Å². The van der Waals surface area contributed by atoms with E-state index in [9.17, 15) is 4.79 Å². The van der Waals surface area contributed by atoms with Gasteiger partial charge in [-0.3, -0.25) is 14.3 Å². The number of rotatable bonds is 9. The van der Waals surface area contributed by atoms with Gasteiger partial charge < -0.3 is 5.32 Å². The monoisotopic (exact) mass is 512 g/mol. The standard InChI is InChI=1S/C27H24N6OS2/c1-19-8-5-6-12-23(19)33-25(21-11-7-14-28-16-21)31-32-27(33)36-18-24-30-22(17-35-24)26(34)29-15-13-20-9-3-2-4-10-20/h2-12,14,16-17H,13,15,18H2,1H3,(H,29,34). The molecule has 0 unspecified atom stereocenters. The van der Waals surface area contributed by atoms with Gasteiger partial charge in [-0.25, -0.2) is 4.98 Å². The van der Waals surface area contributed by atoms with Crippen LogP contribution in [0.2, 0.25) is 0 Å². The van der Waals surface area contributed by atoms with Crippen LogP contribution in [0, 0.1) is 6.92 Å². The number of nitrogens with one attached hydrogen (secondary N) is 1. The summed E-state index contributed by atoms with van der Waals surface area (Å²) in [6.07, 6.45) is 4.31. The van der Waals surface area contributed by atoms with Gasteiger partial charge >= 0.3 is 0 Å². The highest BCUT2D eigenvalue weighted by atomic mass is 32.2. The van der Waals surface area contributed by atoms with Gasteiger partial charge in [0.1, 0.15) is 10.7 Å². The summed E-state index contributed by atoms with van der Waals surface area (Å²) >= 11 is 3.02. The van der Waals surface area contributed by atoms with Gasteiger partial charge in [0.25, 0.3) is 5.91 Å². The van der Waals surface area contributed by atoms with Gasteiger partial charge in [0, 0.05) is 29.9 Å². The van der Waals surface area contributed by atoms with E-state index in [1.807, 2.05) is 42.5 Å². The zero-order chi connectivity index (χ0) is 24.7. The molecule has 9 heteroatoms. The molecule has 0 radical (unpaired) electrons. The Hall–Kier alpha value is -3.82. The number of hydrogen-bond donors (Lipinski definition) is 1. The van der Waals surface area contributed by atoms with Crippen molar-refractivity contribution in [2.75, 3.05) is 6.54 Å². The fourth-order valence-electron chi connectivity index (χ4n) is 3.74. The van der Waals surface area contributed by atoms with Crippen LogP contribution in [0.5, 0.6) is 0 Å². The van der Waals surface area contributed by atoms with E-state index in [4.69, 9.17) is 0 Å².